The number of nitrogens with zero attached hydrogens (tertiary/aromatic N) is 5. The number of hydrogen-bond acceptors (Lipinski definition) is 7. The molecule has 1 unspecified atom stereocenters. The van der Waals surface area contributed by atoms with Crippen molar-refractivity contribution < 1.29 is 9.53 Å². The van der Waals surface area contributed by atoms with Gasteiger partial charge in [-0.2, -0.15) is 0 Å². The van der Waals surface area contributed by atoms with E-state index in [9.17, 15) is 4.79 Å². The van der Waals surface area contributed by atoms with Crippen molar-refractivity contribution in [3.05, 3.63) is 41.2 Å². The van der Waals surface area contributed by atoms with Crippen LogP contribution in [0.15, 0.2) is 35.5 Å². The van der Waals surface area contributed by atoms with Gasteiger partial charge in [0, 0.05) is 13.1 Å². The molecule has 0 bridgehead atoms. The Hall–Kier alpha value is -2.10. The number of carbonyl (C=O) groups excluding carboxylic acids is 1. The van der Waals surface area contributed by atoms with Crippen LogP contribution in [0.3, 0.4) is 0 Å². The lowest BCUT2D eigenvalue weighted by Gasteiger charge is -2.27. The van der Waals surface area contributed by atoms with E-state index in [1.54, 1.807) is 17.1 Å². The van der Waals surface area contributed by atoms with Gasteiger partial charge in [0.25, 0.3) is 5.91 Å². The molecular weight excluding hydrogens is 388 g/mol. The van der Waals surface area contributed by atoms with Gasteiger partial charge in [-0.3, -0.25) is 4.79 Å². The zero-order valence-electron chi connectivity index (χ0n) is 14.5. The largest absolute Gasteiger partial charge is 0.378 e. The number of rotatable bonds is 5. The first kappa shape index (κ1) is 18.3. The number of amides is 1. The van der Waals surface area contributed by atoms with Gasteiger partial charge in [0.1, 0.15) is 11.5 Å². The van der Waals surface area contributed by atoms with E-state index in [1.807, 2.05) is 18.2 Å². The summed E-state index contributed by atoms with van der Waals surface area (Å²) in [6, 6.07) is 3.92. The van der Waals surface area contributed by atoms with Gasteiger partial charge in [-0.1, -0.05) is 11.3 Å². The Bertz CT molecular complexity index is 834. The van der Waals surface area contributed by atoms with Crippen LogP contribution in [-0.2, 0) is 16.1 Å². The highest BCUT2D eigenvalue weighted by Crippen LogP contribution is 2.34. The normalized spacial score (nSPS) is 19.8. The molecule has 1 saturated heterocycles. The van der Waals surface area contributed by atoms with E-state index in [0.29, 0.717) is 23.6 Å². The summed E-state index contributed by atoms with van der Waals surface area (Å²) in [6.07, 6.45) is 6.11. The Balaban J connectivity index is 1.35. The lowest BCUT2D eigenvalue weighted by molar-refractivity contribution is -0.117. The number of allylic oxidation sites excluding steroid dienone is 1. The number of hydrogen-bond donors (Lipinski definition) is 1. The first-order chi connectivity index (χ1) is 13.2. The van der Waals surface area contributed by atoms with Crippen molar-refractivity contribution in [1.29, 1.82) is 0 Å². The molecule has 4 rings (SSSR count). The summed E-state index contributed by atoms with van der Waals surface area (Å²) < 4.78 is 6.95. The van der Waals surface area contributed by atoms with Crippen LogP contribution in [0.25, 0.3) is 5.69 Å². The summed E-state index contributed by atoms with van der Waals surface area (Å²) in [5.74, 6) is 0.795. The van der Waals surface area contributed by atoms with Gasteiger partial charge >= 0.3 is 0 Å². The molecule has 0 radical (unpaired) electrons. The number of thioether (sulfide) groups is 1. The second-order valence-electron chi connectivity index (χ2n) is 6.14. The molecule has 4 heterocycles. The van der Waals surface area contributed by atoms with Gasteiger partial charge in [0.15, 0.2) is 0 Å². The fraction of sp³-hybridized carbons (Fsp3) is 0.412. The quantitative estimate of drug-likeness (QED) is 0.756. The summed E-state index contributed by atoms with van der Waals surface area (Å²) in [6.45, 7) is 3.45. The molecule has 1 atom stereocenters. The number of anilines is 1. The Kier molecular flexibility index (Phi) is 5.61. The van der Waals surface area contributed by atoms with Crippen molar-refractivity contribution in [3.8, 4) is 5.69 Å². The third-order valence-corrected chi connectivity index (χ3v) is 5.77. The molecule has 0 aromatic carbocycles. The van der Waals surface area contributed by atoms with Crippen molar-refractivity contribution in [2.24, 2.45) is 0 Å². The highest BCUT2D eigenvalue weighted by atomic mass is 35.5. The fourth-order valence-electron chi connectivity index (χ4n) is 2.84. The van der Waals surface area contributed by atoms with Crippen LogP contribution in [0.1, 0.15) is 12.1 Å². The van der Waals surface area contributed by atoms with Crippen LogP contribution in [0.2, 0.25) is 0 Å². The third kappa shape index (κ3) is 4.42. The SMILES string of the molecule is O=C(NCc1cn(-c2ccc(N3CCOCC3)nc2)nn1)C1=CCC(Cl)S1. The molecule has 1 N–H and O–H groups in total. The molecule has 8 nitrogen and oxygen atoms in total. The van der Waals surface area contributed by atoms with Crippen LogP contribution in [-0.4, -0.2) is 56.9 Å². The molecule has 2 aromatic rings. The number of aromatic nitrogens is 4. The third-order valence-electron chi connectivity index (χ3n) is 4.27. The van der Waals surface area contributed by atoms with Crippen LogP contribution >= 0.6 is 23.4 Å². The first-order valence-electron chi connectivity index (χ1n) is 8.68. The molecule has 2 aromatic heterocycles. The van der Waals surface area contributed by atoms with E-state index in [-0.39, 0.29) is 10.6 Å². The van der Waals surface area contributed by atoms with Crippen LogP contribution < -0.4 is 10.2 Å². The Labute approximate surface area is 165 Å². The lowest BCUT2D eigenvalue weighted by Crippen LogP contribution is -2.36. The average molecular weight is 407 g/mol. The minimum absolute atomic E-state index is 0.0560. The number of ether oxygens (including phenoxy) is 1. The Morgan fingerprint density at radius 2 is 2.22 bits per heavy atom. The Morgan fingerprint density at radius 1 is 1.37 bits per heavy atom. The van der Waals surface area contributed by atoms with E-state index in [0.717, 1.165) is 37.8 Å². The first-order valence-corrected chi connectivity index (χ1v) is 10.00. The summed E-state index contributed by atoms with van der Waals surface area (Å²) in [7, 11) is 0. The summed E-state index contributed by atoms with van der Waals surface area (Å²) in [5.41, 5.74) is 1.49. The van der Waals surface area contributed by atoms with Gasteiger partial charge in [0.2, 0.25) is 0 Å². The van der Waals surface area contributed by atoms with E-state index in [2.05, 4.69) is 25.5 Å². The van der Waals surface area contributed by atoms with Crippen molar-refractivity contribution in [1.82, 2.24) is 25.3 Å². The monoisotopic (exact) mass is 406 g/mol. The van der Waals surface area contributed by atoms with E-state index in [1.165, 1.54) is 11.8 Å². The van der Waals surface area contributed by atoms with Crippen LogP contribution in [0, 0.1) is 0 Å². The second-order valence-corrected chi connectivity index (χ2v) is 8.17. The number of carbonyl (C=O) groups is 1. The van der Waals surface area contributed by atoms with Gasteiger partial charge in [-0.05, 0) is 18.6 Å². The zero-order chi connectivity index (χ0) is 18.6. The van der Waals surface area contributed by atoms with Crippen molar-refractivity contribution in [2.45, 2.75) is 17.7 Å². The molecule has 2 aliphatic rings. The fourth-order valence-corrected chi connectivity index (χ4v) is 4.05. The minimum atomic E-state index is -0.130. The molecule has 0 aliphatic carbocycles. The summed E-state index contributed by atoms with van der Waals surface area (Å²) in [5, 5.41) is 11.1. The molecule has 10 heteroatoms. The topological polar surface area (TPSA) is 85.2 Å². The van der Waals surface area contributed by atoms with Gasteiger partial charge < -0.3 is 15.0 Å². The zero-order valence-corrected chi connectivity index (χ0v) is 16.1. The highest BCUT2D eigenvalue weighted by molar-refractivity contribution is 8.05. The highest BCUT2D eigenvalue weighted by Gasteiger charge is 2.21. The number of halogens is 1. The van der Waals surface area contributed by atoms with Crippen molar-refractivity contribution in [3.63, 3.8) is 0 Å². The molecule has 142 valence electrons. The standard InChI is InChI=1S/C17H19ClN6O2S/c18-15-3-2-14(27-15)17(25)20-9-12-11-24(22-21-12)13-1-4-16(19-10-13)23-5-7-26-8-6-23/h1-2,4,10-11,15H,3,5-9H2,(H,20,25). The molecule has 2 aliphatic heterocycles. The molecule has 27 heavy (non-hydrogen) atoms. The van der Waals surface area contributed by atoms with Gasteiger partial charge in [-0.15, -0.1) is 28.5 Å². The predicted molar refractivity (Wildman–Crippen MR) is 104 cm³/mol. The number of alkyl halides is 1. The van der Waals surface area contributed by atoms with Crippen molar-refractivity contribution >= 4 is 35.1 Å². The summed E-state index contributed by atoms with van der Waals surface area (Å²) in [4.78, 5) is 19.5. The average Bonchev–Trinajstić information content (AvgIpc) is 3.36. The number of morpholine rings is 1. The van der Waals surface area contributed by atoms with E-state index < -0.39 is 0 Å². The van der Waals surface area contributed by atoms with Gasteiger partial charge in [0.05, 0.1) is 47.5 Å². The maximum absolute atomic E-state index is 12.1. The van der Waals surface area contributed by atoms with Crippen LogP contribution in [0.4, 0.5) is 5.82 Å². The van der Waals surface area contributed by atoms with E-state index in [4.69, 9.17) is 16.3 Å². The van der Waals surface area contributed by atoms with Gasteiger partial charge in [-0.25, -0.2) is 9.67 Å². The molecule has 1 amide bonds. The molecular formula is C17H19ClN6O2S. The smallest absolute Gasteiger partial charge is 0.257 e. The predicted octanol–water partition coefficient (Wildman–Crippen LogP) is 1.70. The van der Waals surface area contributed by atoms with Crippen molar-refractivity contribution in [2.75, 3.05) is 31.2 Å². The number of nitrogens with one attached hydrogen (secondary N) is 1. The van der Waals surface area contributed by atoms with E-state index >= 15 is 0 Å². The maximum atomic E-state index is 12.1. The molecule has 0 saturated carbocycles. The summed E-state index contributed by atoms with van der Waals surface area (Å²) >= 11 is 7.37. The Morgan fingerprint density at radius 3 is 2.93 bits per heavy atom. The lowest BCUT2D eigenvalue weighted by atomic mass is 10.3. The minimum Gasteiger partial charge on any atom is -0.378 e. The van der Waals surface area contributed by atoms with Crippen LogP contribution in [0.5, 0.6) is 0 Å². The molecule has 1 fully saturated rings. The molecule has 0 spiro atoms. The maximum Gasteiger partial charge on any atom is 0.257 e. The number of pyridine rings is 1. The second kappa shape index (κ2) is 8.28.